The van der Waals surface area contributed by atoms with Crippen molar-refractivity contribution in [3.8, 4) is 0 Å². The van der Waals surface area contributed by atoms with Crippen molar-refractivity contribution in [1.29, 1.82) is 0 Å². The van der Waals surface area contributed by atoms with E-state index in [9.17, 15) is 4.79 Å². The molecule has 1 aromatic carbocycles. The summed E-state index contributed by atoms with van der Waals surface area (Å²) in [6.07, 6.45) is 1.57. The van der Waals surface area contributed by atoms with Crippen LogP contribution in [0.2, 0.25) is 0 Å². The average molecular weight is 234 g/mol. The first-order valence-corrected chi connectivity index (χ1v) is 6.69. The summed E-state index contributed by atoms with van der Waals surface area (Å²) in [5, 5.41) is 3.23. The maximum Gasteiger partial charge on any atom is 0.162 e. The largest absolute Gasteiger partial charge is 0.294 e. The van der Waals surface area contributed by atoms with Crippen molar-refractivity contribution in [3.63, 3.8) is 0 Å². The van der Waals surface area contributed by atoms with Crippen LogP contribution in [0.3, 0.4) is 0 Å². The molecule has 0 aliphatic heterocycles. The van der Waals surface area contributed by atoms with Crippen molar-refractivity contribution in [2.45, 2.75) is 33.6 Å². The second kappa shape index (κ2) is 6.44. The Morgan fingerprint density at radius 1 is 1.25 bits per heavy atom. The zero-order valence-electron chi connectivity index (χ0n) is 10.1. The van der Waals surface area contributed by atoms with Crippen LogP contribution in [-0.4, -0.2) is 5.78 Å². The smallest absolute Gasteiger partial charge is 0.162 e. The number of hydrogen-bond acceptors (Lipinski definition) is 2. The summed E-state index contributed by atoms with van der Waals surface area (Å²) >= 11 is 1.71. The van der Waals surface area contributed by atoms with Crippen LogP contribution < -0.4 is 0 Å². The van der Waals surface area contributed by atoms with E-state index >= 15 is 0 Å². The predicted octanol–water partition coefficient (Wildman–Crippen LogP) is 4.91. The van der Waals surface area contributed by atoms with Crippen molar-refractivity contribution >= 4 is 27.2 Å². The van der Waals surface area contributed by atoms with Crippen LogP contribution in [0.5, 0.6) is 0 Å². The molecule has 0 amide bonds. The molecule has 2 rings (SSSR count). The van der Waals surface area contributed by atoms with Crippen LogP contribution in [0.15, 0.2) is 29.6 Å². The molecule has 0 saturated heterocycles. The van der Waals surface area contributed by atoms with Crippen LogP contribution in [0.4, 0.5) is 0 Å². The molecular weight excluding hydrogens is 216 g/mol. The summed E-state index contributed by atoms with van der Waals surface area (Å²) in [6.45, 7) is 6.03. The Morgan fingerprint density at radius 2 is 2.00 bits per heavy atom. The molecule has 0 aliphatic rings. The fourth-order valence-electron chi connectivity index (χ4n) is 1.51. The van der Waals surface area contributed by atoms with Gasteiger partial charge in [0.25, 0.3) is 0 Å². The van der Waals surface area contributed by atoms with E-state index in [-0.39, 0.29) is 5.78 Å². The highest BCUT2D eigenvalue weighted by Crippen LogP contribution is 2.22. The number of carbonyl (C=O) groups is 1. The average Bonchev–Trinajstić information content (AvgIpc) is 2.79. The standard InChI is InChI=1S/C12H12OS.C2H6/c1-2-3-11(13)9-4-5-12-10(8-9)6-7-14-12;1-2/h4-8H,2-3H2,1H3;1-2H3. The zero-order chi connectivity index (χ0) is 12.0. The van der Waals surface area contributed by atoms with Gasteiger partial charge in [0.15, 0.2) is 5.78 Å². The Balaban J connectivity index is 0.000000606. The van der Waals surface area contributed by atoms with Gasteiger partial charge in [-0.3, -0.25) is 4.79 Å². The monoisotopic (exact) mass is 234 g/mol. The fraction of sp³-hybridized carbons (Fsp3) is 0.357. The highest BCUT2D eigenvalue weighted by molar-refractivity contribution is 7.17. The van der Waals surface area contributed by atoms with Crippen molar-refractivity contribution in [1.82, 2.24) is 0 Å². The lowest BCUT2D eigenvalue weighted by Crippen LogP contribution is -1.96. The third kappa shape index (κ3) is 2.92. The first-order chi connectivity index (χ1) is 7.81. The Labute approximate surface area is 101 Å². The van der Waals surface area contributed by atoms with Gasteiger partial charge in [-0.1, -0.05) is 20.8 Å². The third-order valence-electron chi connectivity index (χ3n) is 2.25. The van der Waals surface area contributed by atoms with E-state index < -0.39 is 0 Å². The topological polar surface area (TPSA) is 17.1 Å². The fourth-order valence-corrected chi connectivity index (χ4v) is 2.28. The van der Waals surface area contributed by atoms with E-state index in [0.717, 1.165) is 12.0 Å². The Kier molecular flexibility index (Phi) is 5.20. The lowest BCUT2D eigenvalue weighted by molar-refractivity contribution is 0.0982. The summed E-state index contributed by atoms with van der Waals surface area (Å²) in [7, 11) is 0. The molecule has 0 saturated carbocycles. The Morgan fingerprint density at radius 3 is 2.69 bits per heavy atom. The summed E-state index contributed by atoms with van der Waals surface area (Å²) < 4.78 is 1.25. The highest BCUT2D eigenvalue weighted by Gasteiger charge is 2.05. The van der Waals surface area contributed by atoms with Gasteiger partial charge in [0.1, 0.15) is 0 Å². The molecular formula is C14H18OS. The second-order valence-corrected chi connectivity index (χ2v) is 4.29. The van der Waals surface area contributed by atoms with Gasteiger partial charge in [0, 0.05) is 16.7 Å². The number of thiophene rings is 1. The molecule has 2 heteroatoms. The van der Waals surface area contributed by atoms with E-state index in [1.807, 2.05) is 39.0 Å². The lowest BCUT2D eigenvalue weighted by Gasteiger charge is -1.98. The third-order valence-corrected chi connectivity index (χ3v) is 3.15. The van der Waals surface area contributed by atoms with Crippen LogP contribution in [-0.2, 0) is 0 Å². The molecule has 0 bridgehead atoms. The molecule has 86 valence electrons. The second-order valence-electron chi connectivity index (χ2n) is 3.35. The van der Waals surface area contributed by atoms with Crippen molar-refractivity contribution in [2.24, 2.45) is 0 Å². The number of carbonyl (C=O) groups excluding carboxylic acids is 1. The van der Waals surface area contributed by atoms with Gasteiger partial charge in [0.05, 0.1) is 0 Å². The number of rotatable bonds is 3. The summed E-state index contributed by atoms with van der Waals surface area (Å²) in [6, 6.07) is 8.01. The minimum Gasteiger partial charge on any atom is -0.294 e. The van der Waals surface area contributed by atoms with Crippen LogP contribution in [0, 0.1) is 0 Å². The highest BCUT2D eigenvalue weighted by atomic mass is 32.1. The minimum atomic E-state index is 0.251. The molecule has 0 fully saturated rings. The van der Waals surface area contributed by atoms with Crippen molar-refractivity contribution in [3.05, 3.63) is 35.2 Å². The summed E-state index contributed by atoms with van der Waals surface area (Å²) in [4.78, 5) is 11.6. The van der Waals surface area contributed by atoms with Crippen LogP contribution in [0.1, 0.15) is 44.0 Å². The van der Waals surface area contributed by atoms with Gasteiger partial charge >= 0.3 is 0 Å². The van der Waals surface area contributed by atoms with E-state index in [2.05, 4.69) is 11.4 Å². The number of fused-ring (bicyclic) bond motifs is 1. The maximum absolute atomic E-state index is 11.6. The predicted molar refractivity (Wildman–Crippen MR) is 72.4 cm³/mol. The van der Waals surface area contributed by atoms with Gasteiger partial charge in [-0.15, -0.1) is 11.3 Å². The SMILES string of the molecule is CC.CCCC(=O)c1ccc2sccc2c1. The van der Waals surface area contributed by atoms with Gasteiger partial charge in [-0.2, -0.15) is 0 Å². The lowest BCUT2D eigenvalue weighted by atomic mass is 10.1. The summed E-state index contributed by atoms with van der Waals surface area (Å²) in [5.41, 5.74) is 0.845. The van der Waals surface area contributed by atoms with Crippen molar-refractivity contribution in [2.75, 3.05) is 0 Å². The first-order valence-electron chi connectivity index (χ1n) is 5.81. The number of ketones is 1. The van der Waals surface area contributed by atoms with Gasteiger partial charge in [0.2, 0.25) is 0 Å². The molecule has 0 aliphatic carbocycles. The van der Waals surface area contributed by atoms with Crippen molar-refractivity contribution < 1.29 is 4.79 Å². The number of Topliss-reactive ketones (excluding diaryl/α,β-unsaturated/α-hetero) is 1. The maximum atomic E-state index is 11.6. The van der Waals surface area contributed by atoms with E-state index in [4.69, 9.17) is 0 Å². The Hall–Kier alpha value is -1.15. The molecule has 16 heavy (non-hydrogen) atoms. The number of hydrogen-bond donors (Lipinski definition) is 0. The quantitative estimate of drug-likeness (QED) is 0.690. The van der Waals surface area contributed by atoms with E-state index in [1.54, 1.807) is 11.3 Å². The molecule has 0 spiro atoms. The van der Waals surface area contributed by atoms with Gasteiger partial charge in [-0.25, -0.2) is 0 Å². The zero-order valence-corrected chi connectivity index (χ0v) is 10.9. The van der Waals surface area contributed by atoms with Crippen LogP contribution >= 0.6 is 11.3 Å². The molecule has 0 N–H and O–H groups in total. The van der Waals surface area contributed by atoms with Gasteiger partial charge < -0.3 is 0 Å². The molecule has 1 heterocycles. The minimum absolute atomic E-state index is 0.251. The van der Waals surface area contributed by atoms with Gasteiger partial charge in [-0.05, 0) is 41.5 Å². The van der Waals surface area contributed by atoms with Crippen LogP contribution in [0.25, 0.3) is 10.1 Å². The molecule has 0 atom stereocenters. The molecule has 1 nitrogen and oxygen atoms in total. The molecule has 0 unspecified atom stereocenters. The normalized spacial score (nSPS) is 9.69. The summed E-state index contributed by atoms with van der Waals surface area (Å²) in [5.74, 6) is 0.251. The number of benzene rings is 1. The van der Waals surface area contributed by atoms with E-state index in [0.29, 0.717) is 6.42 Å². The molecule has 1 aromatic heterocycles. The first kappa shape index (κ1) is 12.9. The molecule has 0 radical (unpaired) electrons. The molecule has 2 aromatic rings. The van der Waals surface area contributed by atoms with E-state index in [1.165, 1.54) is 10.1 Å². The Bertz CT molecular complexity index is 456.